The predicted molar refractivity (Wildman–Crippen MR) is 113 cm³/mol. The molecule has 30 heavy (non-hydrogen) atoms. The predicted octanol–water partition coefficient (Wildman–Crippen LogP) is 4.32. The summed E-state index contributed by atoms with van der Waals surface area (Å²) in [6.45, 7) is 3.34. The molecule has 2 aromatic carbocycles. The van der Waals surface area contributed by atoms with Gasteiger partial charge in [-0.25, -0.2) is 13.5 Å². The largest absolute Gasteiger partial charge is 0.329 e. The summed E-state index contributed by atoms with van der Waals surface area (Å²) in [5.74, 6) is -2.87. The van der Waals surface area contributed by atoms with Gasteiger partial charge in [0.15, 0.2) is 0 Å². The maximum absolute atomic E-state index is 13.7. The van der Waals surface area contributed by atoms with Gasteiger partial charge in [0.25, 0.3) is 5.91 Å². The number of nitrogens with zero attached hydrogens (tertiary/aromatic N) is 3. The molecule has 0 unspecified atom stereocenters. The van der Waals surface area contributed by atoms with Gasteiger partial charge in [-0.3, -0.25) is 9.59 Å². The average Bonchev–Trinajstić information content (AvgIpc) is 3.10. The second-order valence-electron chi connectivity index (χ2n) is 6.50. The highest BCUT2D eigenvalue weighted by Crippen LogP contribution is 2.20. The molecule has 0 aliphatic heterocycles. The summed E-state index contributed by atoms with van der Waals surface area (Å²) in [4.78, 5) is 26.5. The van der Waals surface area contributed by atoms with Gasteiger partial charge in [0.05, 0.1) is 23.1 Å². The maximum Gasteiger partial charge on any atom is 0.257 e. The molecule has 2 amide bonds. The Morgan fingerprint density at radius 1 is 1.13 bits per heavy atom. The number of nitrogens with one attached hydrogen (secondary N) is 1. The van der Waals surface area contributed by atoms with Crippen LogP contribution in [-0.4, -0.2) is 39.6 Å². The molecule has 0 saturated heterocycles. The van der Waals surface area contributed by atoms with Crippen LogP contribution in [0, 0.1) is 18.6 Å². The summed E-state index contributed by atoms with van der Waals surface area (Å²) >= 11 is 3.37. The first-order valence-electron chi connectivity index (χ1n) is 9.15. The maximum atomic E-state index is 13.7. The molecular formula is C21H19BrF2N4O2. The Kier molecular flexibility index (Phi) is 6.61. The van der Waals surface area contributed by atoms with Crippen molar-refractivity contribution in [1.29, 1.82) is 0 Å². The van der Waals surface area contributed by atoms with Crippen LogP contribution >= 0.6 is 15.9 Å². The lowest BCUT2D eigenvalue weighted by Gasteiger charge is -2.20. The van der Waals surface area contributed by atoms with Crippen LogP contribution in [0.15, 0.2) is 53.1 Å². The van der Waals surface area contributed by atoms with Crippen molar-refractivity contribution in [3.8, 4) is 5.69 Å². The molecule has 0 saturated carbocycles. The van der Waals surface area contributed by atoms with Crippen LogP contribution in [0.1, 0.15) is 23.0 Å². The fourth-order valence-corrected chi connectivity index (χ4v) is 3.19. The van der Waals surface area contributed by atoms with Crippen molar-refractivity contribution in [1.82, 2.24) is 14.7 Å². The van der Waals surface area contributed by atoms with Crippen LogP contribution in [0.25, 0.3) is 5.69 Å². The third kappa shape index (κ3) is 4.56. The van der Waals surface area contributed by atoms with Crippen molar-refractivity contribution in [3.05, 3.63) is 76.0 Å². The first kappa shape index (κ1) is 21.6. The zero-order valence-electron chi connectivity index (χ0n) is 16.3. The number of benzene rings is 2. The molecule has 1 N–H and O–H groups in total. The number of hydrogen-bond acceptors (Lipinski definition) is 3. The first-order valence-corrected chi connectivity index (χ1v) is 9.94. The number of hydrogen-bond donors (Lipinski definition) is 1. The van der Waals surface area contributed by atoms with Gasteiger partial charge in [0.1, 0.15) is 23.9 Å². The molecule has 0 atom stereocenters. The Morgan fingerprint density at radius 3 is 2.37 bits per heavy atom. The summed E-state index contributed by atoms with van der Waals surface area (Å²) in [6, 6.07) is 10.7. The first-order chi connectivity index (χ1) is 14.3. The fraction of sp³-hybridized carbons (Fsp3) is 0.190. The minimum absolute atomic E-state index is 0.231. The number of anilines is 1. The van der Waals surface area contributed by atoms with Crippen molar-refractivity contribution >= 4 is 33.4 Å². The molecule has 0 bridgehead atoms. The van der Waals surface area contributed by atoms with Crippen molar-refractivity contribution in [2.24, 2.45) is 0 Å². The van der Waals surface area contributed by atoms with Gasteiger partial charge < -0.3 is 10.2 Å². The Hall–Kier alpha value is -3.07. The van der Waals surface area contributed by atoms with Crippen LogP contribution < -0.4 is 5.32 Å². The molecule has 1 heterocycles. The highest BCUT2D eigenvalue weighted by atomic mass is 79.9. The minimum atomic E-state index is -0.885. The number of carbonyl (C=O) groups excluding carboxylic acids is 2. The Bertz CT molecular complexity index is 1060. The molecule has 0 aliphatic rings. The number of likely N-dealkylation sites (N-methyl/N-ethyl adjacent to an activating group) is 1. The average molecular weight is 477 g/mol. The number of para-hydroxylation sites is 1. The zero-order chi connectivity index (χ0) is 21.8. The molecule has 3 aromatic rings. The van der Waals surface area contributed by atoms with Crippen LogP contribution in [-0.2, 0) is 4.79 Å². The Morgan fingerprint density at radius 2 is 1.77 bits per heavy atom. The second-order valence-corrected chi connectivity index (χ2v) is 7.41. The van der Waals surface area contributed by atoms with Crippen molar-refractivity contribution in [2.75, 3.05) is 18.4 Å². The van der Waals surface area contributed by atoms with Crippen LogP contribution in [0.5, 0.6) is 0 Å². The summed E-state index contributed by atoms with van der Waals surface area (Å²) in [7, 11) is 0. The number of aromatic nitrogens is 2. The SMILES string of the molecule is CCN(CC(=O)Nc1c(F)cccc1F)C(=O)c1cnn(-c2ccc(Br)cc2)c1C. The molecule has 156 valence electrons. The number of rotatable bonds is 6. The minimum Gasteiger partial charge on any atom is -0.329 e. The van der Waals surface area contributed by atoms with Gasteiger partial charge in [-0.15, -0.1) is 0 Å². The molecule has 6 nitrogen and oxygen atoms in total. The van der Waals surface area contributed by atoms with Crippen LogP contribution in [0.3, 0.4) is 0 Å². The highest BCUT2D eigenvalue weighted by Gasteiger charge is 2.23. The summed E-state index contributed by atoms with van der Waals surface area (Å²) in [6.07, 6.45) is 1.44. The van der Waals surface area contributed by atoms with Crippen molar-refractivity contribution < 1.29 is 18.4 Å². The van der Waals surface area contributed by atoms with Gasteiger partial charge in [-0.2, -0.15) is 5.10 Å². The summed E-state index contributed by atoms with van der Waals surface area (Å²) in [5, 5.41) is 6.47. The fourth-order valence-electron chi connectivity index (χ4n) is 2.93. The van der Waals surface area contributed by atoms with E-state index in [9.17, 15) is 18.4 Å². The van der Waals surface area contributed by atoms with Crippen molar-refractivity contribution in [3.63, 3.8) is 0 Å². The molecule has 1 aromatic heterocycles. The normalized spacial score (nSPS) is 10.7. The van der Waals surface area contributed by atoms with Gasteiger partial charge in [-0.1, -0.05) is 22.0 Å². The Balaban J connectivity index is 1.76. The highest BCUT2D eigenvalue weighted by molar-refractivity contribution is 9.10. The van der Waals surface area contributed by atoms with E-state index in [1.54, 1.807) is 18.5 Å². The van der Waals surface area contributed by atoms with E-state index in [0.29, 0.717) is 11.3 Å². The quantitative estimate of drug-likeness (QED) is 0.575. The third-order valence-corrected chi connectivity index (χ3v) is 5.07. The zero-order valence-corrected chi connectivity index (χ0v) is 17.9. The van der Waals surface area contributed by atoms with Gasteiger partial charge in [0.2, 0.25) is 5.91 Å². The van der Waals surface area contributed by atoms with Gasteiger partial charge in [0, 0.05) is 11.0 Å². The lowest BCUT2D eigenvalue weighted by Crippen LogP contribution is -2.38. The molecular weight excluding hydrogens is 458 g/mol. The third-order valence-electron chi connectivity index (χ3n) is 4.54. The van der Waals surface area contributed by atoms with E-state index in [-0.39, 0.29) is 13.1 Å². The van der Waals surface area contributed by atoms with E-state index in [2.05, 4.69) is 26.3 Å². The summed E-state index contributed by atoms with van der Waals surface area (Å²) < 4.78 is 30.0. The lowest BCUT2D eigenvalue weighted by molar-refractivity contribution is -0.116. The molecule has 0 fully saturated rings. The lowest BCUT2D eigenvalue weighted by atomic mass is 10.2. The second kappa shape index (κ2) is 9.17. The van der Waals surface area contributed by atoms with E-state index < -0.39 is 29.1 Å². The van der Waals surface area contributed by atoms with E-state index >= 15 is 0 Å². The van der Waals surface area contributed by atoms with Gasteiger partial charge >= 0.3 is 0 Å². The molecule has 0 radical (unpaired) electrons. The van der Waals surface area contributed by atoms with E-state index in [0.717, 1.165) is 22.3 Å². The number of carbonyl (C=O) groups is 2. The van der Waals surface area contributed by atoms with E-state index in [4.69, 9.17) is 0 Å². The number of halogens is 3. The molecule has 0 aliphatic carbocycles. The van der Waals surface area contributed by atoms with E-state index in [1.165, 1.54) is 17.2 Å². The molecule has 9 heteroatoms. The Labute approximate surface area is 180 Å². The standard InChI is InChI=1S/C21H19BrF2N4O2/c1-3-27(12-19(29)26-20-17(23)5-4-6-18(20)24)21(30)16-11-25-28(13(16)2)15-9-7-14(22)8-10-15/h4-11H,3,12H2,1-2H3,(H,26,29). The monoisotopic (exact) mass is 476 g/mol. The van der Waals surface area contributed by atoms with E-state index in [1.807, 2.05) is 24.3 Å². The molecule has 3 rings (SSSR count). The summed E-state index contributed by atoms with van der Waals surface area (Å²) in [5.41, 5.74) is 1.20. The van der Waals surface area contributed by atoms with Crippen LogP contribution in [0.4, 0.5) is 14.5 Å². The smallest absolute Gasteiger partial charge is 0.257 e. The topological polar surface area (TPSA) is 67.2 Å². The molecule has 0 spiro atoms. The number of amides is 2. The van der Waals surface area contributed by atoms with Crippen molar-refractivity contribution in [2.45, 2.75) is 13.8 Å². The van der Waals surface area contributed by atoms with Gasteiger partial charge in [-0.05, 0) is 50.2 Å². The van der Waals surface area contributed by atoms with Crippen LogP contribution in [0.2, 0.25) is 0 Å².